The number of para-hydroxylation sites is 2. The Balaban J connectivity index is 1.87. The molecular weight excluding hydrogens is 238 g/mol. The molecule has 1 aromatic carbocycles. The Labute approximate surface area is 104 Å². The van der Waals surface area contributed by atoms with Gasteiger partial charge in [0.05, 0.1) is 6.54 Å². The molecule has 0 aromatic heterocycles. The third-order valence-corrected chi connectivity index (χ3v) is 2.45. The zero-order valence-electron chi connectivity index (χ0n) is 9.59. The third-order valence-electron chi connectivity index (χ3n) is 2.45. The molecule has 0 radical (unpaired) electrons. The van der Waals surface area contributed by atoms with E-state index in [2.05, 4.69) is 5.32 Å². The third kappa shape index (κ3) is 2.78. The van der Waals surface area contributed by atoms with Gasteiger partial charge in [0.25, 0.3) is 5.91 Å². The maximum absolute atomic E-state index is 11.1. The fraction of sp³-hybridized carbons (Fsp3) is 0.333. The van der Waals surface area contributed by atoms with Gasteiger partial charge in [0, 0.05) is 0 Å². The number of hydrogen-bond donors (Lipinski definition) is 2. The lowest BCUT2D eigenvalue weighted by atomic mass is 10.2. The molecule has 0 saturated heterocycles. The molecule has 6 nitrogen and oxygen atoms in total. The van der Waals surface area contributed by atoms with Crippen molar-refractivity contribution in [3.63, 3.8) is 0 Å². The lowest BCUT2D eigenvalue weighted by molar-refractivity contribution is -0.139. The first kappa shape index (κ1) is 12.4. The predicted octanol–water partition coefficient (Wildman–Crippen LogP) is -0.496. The van der Waals surface area contributed by atoms with Crippen molar-refractivity contribution in [3.05, 3.63) is 24.3 Å². The second kappa shape index (κ2) is 5.50. The minimum Gasteiger partial charge on any atom is -0.486 e. The Morgan fingerprint density at radius 2 is 2.06 bits per heavy atom. The fourth-order valence-corrected chi connectivity index (χ4v) is 1.54. The Morgan fingerprint density at radius 3 is 2.78 bits per heavy atom. The Hall–Kier alpha value is -2.08. The Morgan fingerprint density at radius 1 is 1.33 bits per heavy atom. The highest BCUT2D eigenvalue weighted by Gasteiger charge is 2.22. The number of Topliss-reactive ketones (excluding diaryl/α,β-unsaturated/α-hetero) is 1. The van der Waals surface area contributed by atoms with Crippen molar-refractivity contribution in [2.75, 3.05) is 19.8 Å². The molecule has 0 saturated carbocycles. The molecule has 1 unspecified atom stereocenters. The summed E-state index contributed by atoms with van der Waals surface area (Å²) in [5.74, 6) is -0.421. The minimum atomic E-state index is -0.868. The van der Waals surface area contributed by atoms with Gasteiger partial charge in [-0.1, -0.05) is 12.1 Å². The quantitative estimate of drug-likeness (QED) is 0.705. The Bertz CT molecular complexity index is 460. The molecule has 1 aromatic rings. The Kier molecular flexibility index (Phi) is 3.78. The van der Waals surface area contributed by atoms with Crippen LogP contribution < -0.4 is 14.8 Å². The van der Waals surface area contributed by atoms with Gasteiger partial charge >= 0.3 is 0 Å². The average molecular weight is 251 g/mol. The van der Waals surface area contributed by atoms with E-state index in [0.29, 0.717) is 18.1 Å². The molecule has 1 atom stereocenters. The van der Waals surface area contributed by atoms with Gasteiger partial charge in [-0.05, 0) is 12.1 Å². The standard InChI is InChI=1S/C12H13NO5/c14-6-9(15)12(16)13-5-8-7-17-10-3-1-2-4-11(10)18-8/h1-4,8,14H,5-7H2,(H,13,16). The summed E-state index contributed by atoms with van der Waals surface area (Å²) in [5.41, 5.74) is 0. The zero-order valence-corrected chi connectivity index (χ0v) is 9.59. The molecule has 96 valence electrons. The number of ketones is 1. The van der Waals surface area contributed by atoms with Crippen molar-refractivity contribution in [1.29, 1.82) is 0 Å². The first-order valence-corrected chi connectivity index (χ1v) is 5.51. The van der Waals surface area contributed by atoms with Crippen LogP contribution in [-0.2, 0) is 9.59 Å². The number of rotatable bonds is 4. The molecular formula is C12H13NO5. The van der Waals surface area contributed by atoms with Gasteiger partial charge in [-0.2, -0.15) is 0 Å². The van der Waals surface area contributed by atoms with Gasteiger partial charge in [-0.3, -0.25) is 9.59 Å². The van der Waals surface area contributed by atoms with Crippen molar-refractivity contribution in [2.24, 2.45) is 0 Å². The number of hydrogen-bond acceptors (Lipinski definition) is 5. The number of ether oxygens (including phenoxy) is 2. The predicted molar refractivity (Wildman–Crippen MR) is 61.5 cm³/mol. The van der Waals surface area contributed by atoms with Crippen LogP contribution in [0, 0.1) is 0 Å². The number of carbonyl (C=O) groups is 2. The number of amides is 1. The van der Waals surface area contributed by atoms with Gasteiger partial charge in [0.1, 0.15) is 19.3 Å². The van der Waals surface area contributed by atoms with Crippen LogP contribution in [0.2, 0.25) is 0 Å². The van der Waals surface area contributed by atoms with Crippen LogP contribution in [0.3, 0.4) is 0 Å². The summed E-state index contributed by atoms with van der Waals surface area (Å²) >= 11 is 0. The second-order valence-corrected chi connectivity index (χ2v) is 3.79. The zero-order chi connectivity index (χ0) is 13.0. The van der Waals surface area contributed by atoms with E-state index in [4.69, 9.17) is 14.6 Å². The SMILES string of the molecule is O=C(CO)C(=O)NCC1COc2ccccc2O1. The van der Waals surface area contributed by atoms with Gasteiger partial charge in [0.15, 0.2) is 11.5 Å². The summed E-state index contributed by atoms with van der Waals surface area (Å²) in [4.78, 5) is 22.0. The number of carbonyl (C=O) groups excluding carboxylic acids is 2. The molecule has 0 fully saturated rings. The highest BCUT2D eigenvalue weighted by molar-refractivity contribution is 6.36. The summed E-state index contributed by atoms with van der Waals surface area (Å²) < 4.78 is 11.0. The highest BCUT2D eigenvalue weighted by Crippen LogP contribution is 2.30. The van der Waals surface area contributed by atoms with Gasteiger partial charge in [-0.15, -0.1) is 0 Å². The number of aliphatic hydroxyl groups is 1. The molecule has 0 aliphatic carbocycles. The molecule has 1 heterocycles. The van der Waals surface area contributed by atoms with E-state index < -0.39 is 18.3 Å². The molecule has 1 amide bonds. The first-order valence-electron chi connectivity index (χ1n) is 5.51. The number of nitrogens with one attached hydrogen (secondary N) is 1. The molecule has 2 rings (SSSR count). The topological polar surface area (TPSA) is 84.9 Å². The monoisotopic (exact) mass is 251 g/mol. The number of fused-ring (bicyclic) bond motifs is 1. The van der Waals surface area contributed by atoms with Gasteiger partial charge in [0.2, 0.25) is 5.78 Å². The second-order valence-electron chi connectivity index (χ2n) is 3.79. The van der Waals surface area contributed by atoms with Crippen LogP contribution in [0.1, 0.15) is 0 Å². The van der Waals surface area contributed by atoms with E-state index >= 15 is 0 Å². The van der Waals surface area contributed by atoms with Crippen molar-refractivity contribution in [3.8, 4) is 11.5 Å². The normalized spacial score (nSPS) is 17.1. The number of benzene rings is 1. The molecule has 1 aliphatic rings. The van der Waals surface area contributed by atoms with Crippen LogP contribution in [0.5, 0.6) is 11.5 Å². The van der Waals surface area contributed by atoms with Crippen molar-refractivity contribution < 1.29 is 24.2 Å². The number of aliphatic hydroxyl groups excluding tert-OH is 1. The summed E-state index contributed by atoms with van der Waals surface area (Å²) in [6, 6.07) is 7.21. The van der Waals surface area contributed by atoms with E-state index in [1.165, 1.54) is 0 Å². The summed E-state index contributed by atoms with van der Waals surface area (Å²) in [6.07, 6.45) is -0.352. The summed E-state index contributed by atoms with van der Waals surface area (Å²) in [7, 11) is 0. The summed E-state index contributed by atoms with van der Waals surface area (Å²) in [5, 5.41) is 10.9. The van der Waals surface area contributed by atoms with Crippen LogP contribution in [-0.4, -0.2) is 42.7 Å². The molecule has 0 spiro atoms. The first-order chi connectivity index (χ1) is 8.70. The lowest BCUT2D eigenvalue weighted by Gasteiger charge is -2.26. The van der Waals surface area contributed by atoms with E-state index in [9.17, 15) is 9.59 Å². The van der Waals surface area contributed by atoms with Crippen LogP contribution >= 0.6 is 0 Å². The lowest BCUT2D eigenvalue weighted by Crippen LogP contribution is -2.43. The van der Waals surface area contributed by atoms with Gasteiger partial charge < -0.3 is 19.9 Å². The van der Waals surface area contributed by atoms with E-state index in [1.54, 1.807) is 12.1 Å². The van der Waals surface area contributed by atoms with Crippen molar-refractivity contribution in [1.82, 2.24) is 5.32 Å². The van der Waals surface area contributed by atoms with E-state index in [-0.39, 0.29) is 12.6 Å². The maximum Gasteiger partial charge on any atom is 0.290 e. The minimum absolute atomic E-state index is 0.152. The molecule has 1 aliphatic heterocycles. The van der Waals surface area contributed by atoms with E-state index in [1.807, 2.05) is 12.1 Å². The smallest absolute Gasteiger partial charge is 0.290 e. The van der Waals surface area contributed by atoms with Gasteiger partial charge in [-0.25, -0.2) is 0 Å². The molecule has 6 heteroatoms. The summed E-state index contributed by atoms with van der Waals surface area (Å²) in [6.45, 7) is -0.347. The molecule has 18 heavy (non-hydrogen) atoms. The van der Waals surface area contributed by atoms with Crippen LogP contribution in [0.25, 0.3) is 0 Å². The van der Waals surface area contributed by atoms with Crippen LogP contribution in [0.4, 0.5) is 0 Å². The van der Waals surface area contributed by atoms with Crippen LogP contribution in [0.15, 0.2) is 24.3 Å². The largest absolute Gasteiger partial charge is 0.486 e. The molecule has 2 N–H and O–H groups in total. The molecule has 0 bridgehead atoms. The fourth-order valence-electron chi connectivity index (χ4n) is 1.54. The van der Waals surface area contributed by atoms with Crippen molar-refractivity contribution >= 4 is 11.7 Å². The maximum atomic E-state index is 11.1. The average Bonchev–Trinajstić information content (AvgIpc) is 2.43. The van der Waals surface area contributed by atoms with E-state index in [0.717, 1.165) is 0 Å². The van der Waals surface area contributed by atoms with Crippen molar-refractivity contribution in [2.45, 2.75) is 6.10 Å². The highest BCUT2D eigenvalue weighted by atomic mass is 16.6.